The van der Waals surface area contributed by atoms with Crippen LogP contribution >= 0.6 is 22.9 Å². The van der Waals surface area contributed by atoms with Crippen molar-refractivity contribution in [2.45, 2.75) is 63.9 Å². The summed E-state index contributed by atoms with van der Waals surface area (Å²) in [6, 6.07) is 11.7. The first-order valence-electron chi connectivity index (χ1n) is 17.3. The Hall–Kier alpha value is -3.05. The van der Waals surface area contributed by atoms with Crippen LogP contribution in [0.2, 0.25) is 5.02 Å². The number of halogens is 1. The van der Waals surface area contributed by atoms with Crippen LogP contribution in [0.3, 0.4) is 0 Å². The van der Waals surface area contributed by atoms with E-state index in [1.54, 1.807) is 18.6 Å². The highest BCUT2D eigenvalue weighted by molar-refractivity contribution is 7.94. The van der Waals surface area contributed by atoms with Gasteiger partial charge in [-0.05, 0) is 105 Å². The molecule has 260 valence electrons. The minimum absolute atomic E-state index is 0.0375. The van der Waals surface area contributed by atoms with Crippen molar-refractivity contribution in [3.05, 3.63) is 86.3 Å². The summed E-state index contributed by atoms with van der Waals surface area (Å²) in [5, 5.41) is 3.18. The molecule has 8 nitrogen and oxygen atoms in total. The molecule has 0 unspecified atom stereocenters. The second-order valence-corrected chi connectivity index (χ2v) is 18.3. The van der Waals surface area contributed by atoms with Gasteiger partial charge >= 0.3 is 0 Å². The number of rotatable bonds is 4. The Morgan fingerprint density at radius 1 is 1.22 bits per heavy atom. The Balaban J connectivity index is 1.31. The molecule has 1 spiro atoms. The third-order valence-corrected chi connectivity index (χ3v) is 14.1. The number of hydrogen-bond acceptors (Lipinski definition) is 8. The van der Waals surface area contributed by atoms with Crippen LogP contribution < -0.4 is 9.64 Å². The first-order valence-corrected chi connectivity index (χ1v) is 20.4. The van der Waals surface area contributed by atoms with E-state index < -0.39 is 15.6 Å². The molecule has 11 heteroatoms. The van der Waals surface area contributed by atoms with Gasteiger partial charge in [-0.2, -0.15) is 4.36 Å². The fraction of sp³-hybridized carbons (Fsp3) is 0.500. The highest BCUT2D eigenvalue weighted by Gasteiger charge is 2.44. The number of carbonyl (C=O) groups excluding carboxylic acids is 2. The first kappa shape index (κ1) is 34.4. The Morgan fingerprint density at radius 2 is 2.08 bits per heavy atom. The van der Waals surface area contributed by atoms with E-state index >= 15 is 0 Å². The molecule has 7 rings (SSSR count). The minimum atomic E-state index is -3.26. The number of Topliss-reactive ketones (excluding diaryl/α,β-unsaturated/α-hetero) is 1. The van der Waals surface area contributed by atoms with Gasteiger partial charge < -0.3 is 14.4 Å². The van der Waals surface area contributed by atoms with E-state index in [-0.39, 0.29) is 40.4 Å². The molecule has 2 aliphatic heterocycles. The SMILES string of the molecule is CO[C@H]1/C=C/C[C@H](C)C[S@@](=O)(CC(=O)c2csc(C)n2)=NC(=O)c2ccc3c(c2)N(C[C@@H]2CC[C@H]21)C[C@@]1(CCCc2cc(Cl)ccc21)CO3. The van der Waals surface area contributed by atoms with Crippen LogP contribution in [-0.2, 0) is 26.3 Å². The van der Waals surface area contributed by atoms with Crippen LogP contribution in [0.1, 0.15) is 76.0 Å². The van der Waals surface area contributed by atoms with Gasteiger partial charge in [0.15, 0.2) is 5.78 Å². The van der Waals surface area contributed by atoms with Crippen molar-refractivity contribution in [2.24, 2.45) is 22.1 Å². The first-order chi connectivity index (χ1) is 23.5. The largest absolute Gasteiger partial charge is 0.490 e. The summed E-state index contributed by atoms with van der Waals surface area (Å²) in [6.07, 6.45) is 10.0. The third kappa shape index (κ3) is 7.12. The number of amides is 1. The molecule has 2 aliphatic carbocycles. The number of ether oxygens (including phenoxy) is 2. The van der Waals surface area contributed by atoms with Gasteiger partial charge in [-0.1, -0.05) is 36.7 Å². The summed E-state index contributed by atoms with van der Waals surface area (Å²) in [4.78, 5) is 34.0. The number of thiazole rings is 1. The Bertz CT molecular complexity index is 1920. The van der Waals surface area contributed by atoms with Crippen molar-refractivity contribution in [3.8, 4) is 5.75 Å². The van der Waals surface area contributed by atoms with Crippen LogP contribution in [-0.4, -0.2) is 65.3 Å². The molecule has 3 heterocycles. The lowest BCUT2D eigenvalue weighted by atomic mass is 9.68. The molecule has 2 bridgehead atoms. The van der Waals surface area contributed by atoms with E-state index in [9.17, 15) is 13.8 Å². The van der Waals surface area contributed by atoms with Crippen molar-refractivity contribution in [1.29, 1.82) is 0 Å². The van der Waals surface area contributed by atoms with Crippen molar-refractivity contribution >= 4 is 50.0 Å². The van der Waals surface area contributed by atoms with Gasteiger partial charge in [0, 0.05) is 47.3 Å². The standard InChI is InChI=1S/C38H44ClN3O5S2/c1-24-6-4-8-35(46-3)30-12-9-28(30)18-42-22-38(15-5-7-26-16-29(39)11-13-31(26)38)23-47-36-14-10-27(17-33(36)42)37(44)41-49(45,20-24)21-34(43)32-19-48-25(2)40-32/h4,8,10-11,13-14,16-17,19,24,28,30,35H,5-7,9,12,15,18,20-23H2,1-3H3/b8-4+/t24-,28-,30+,35-,38-,49+/m0/s1. The van der Waals surface area contributed by atoms with E-state index in [0.29, 0.717) is 30.4 Å². The van der Waals surface area contributed by atoms with E-state index in [1.165, 1.54) is 22.5 Å². The number of aryl methyl sites for hydroxylation is 2. The molecule has 4 aliphatic rings. The van der Waals surface area contributed by atoms with Crippen LogP contribution in [0, 0.1) is 24.7 Å². The second kappa shape index (κ2) is 13.9. The highest BCUT2D eigenvalue weighted by Crippen LogP contribution is 2.47. The minimum Gasteiger partial charge on any atom is -0.490 e. The van der Waals surface area contributed by atoms with Gasteiger partial charge in [-0.3, -0.25) is 9.59 Å². The number of benzene rings is 2. The average Bonchev–Trinajstić information content (AvgIpc) is 3.43. The summed E-state index contributed by atoms with van der Waals surface area (Å²) in [5.74, 6) is 0.224. The predicted octanol–water partition coefficient (Wildman–Crippen LogP) is 7.71. The van der Waals surface area contributed by atoms with Gasteiger partial charge in [-0.25, -0.2) is 9.19 Å². The van der Waals surface area contributed by atoms with Gasteiger partial charge in [0.2, 0.25) is 0 Å². The monoisotopic (exact) mass is 721 g/mol. The lowest BCUT2D eigenvalue weighted by molar-refractivity contribution is 0.0131. The molecule has 1 fully saturated rings. The zero-order valence-electron chi connectivity index (χ0n) is 28.4. The number of aromatic nitrogens is 1. The fourth-order valence-electron chi connectivity index (χ4n) is 8.24. The molecule has 6 atom stereocenters. The maximum absolute atomic E-state index is 14.5. The van der Waals surface area contributed by atoms with E-state index in [0.717, 1.165) is 66.7 Å². The van der Waals surface area contributed by atoms with E-state index in [4.69, 9.17) is 21.1 Å². The number of hydrogen-bond donors (Lipinski definition) is 0. The van der Waals surface area contributed by atoms with Gasteiger partial charge in [-0.15, -0.1) is 11.3 Å². The quantitative estimate of drug-likeness (QED) is 0.201. The Labute approximate surface area is 298 Å². The Morgan fingerprint density at radius 3 is 2.84 bits per heavy atom. The molecule has 2 aromatic carbocycles. The zero-order valence-corrected chi connectivity index (χ0v) is 30.7. The second-order valence-electron chi connectivity index (χ2n) is 14.4. The van der Waals surface area contributed by atoms with Gasteiger partial charge in [0.1, 0.15) is 11.4 Å². The average molecular weight is 722 g/mol. The molecular formula is C38H44ClN3O5S2. The summed E-state index contributed by atoms with van der Waals surface area (Å²) in [7, 11) is -1.49. The zero-order chi connectivity index (χ0) is 34.3. The molecule has 0 N–H and O–H groups in total. The van der Waals surface area contributed by atoms with Gasteiger partial charge in [0.25, 0.3) is 5.91 Å². The highest BCUT2D eigenvalue weighted by atomic mass is 35.5. The molecule has 1 amide bonds. The fourth-order valence-corrected chi connectivity index (χ4v) is 11.3. The molecule has 0 saturated heterocycles. The summed E-state index contributed by atoms with van der Waals surface area (Å²) in [5.41, 5.74) is 3.76. The topological polar surface area (TPSA) is 98.2 Å². The molecule has 49 heavy (non-hydrogen) atoms. The van der Waals surface area contributed by atoms with Crippen molar-refractivity contribution in [3.63, 3.8) is 0 Å². The molecule has 1 aromatic heterocycles. The number of ketones is 1. The maximum atomic E-state index is 14.5. The van der Waals surface area contributed by atoms with E-state index in [1.807, 2.05) is 32.0 Å². The van der Waals surface area contributed by atoms with Crippen LogP contribution in [0.25, 0.3) is 0 Å². The van der Waals surface area contributed by atoms with Crippen molar-refractivity contribution in [1.82, 2.24) is 4.98 Å². The van der Waals surface area contributed by atoms with Crippen LogP contribution in [0.4, 0.5) is 5.69 Å². The van der Waals surface area contributed by atoms with Gasteiger partial charge in [0.05, 0.1) is 38.9 Å². The Kier molecular flexibility index (Phi) is 9.78. The summed E-state index contributed by atoms with van der Waals surface area (Å²) >= 11 is 7.82. The molecular weight excluding hydrogens is 678 g/mol. The smallest absolute Gasteiger partial charge is 0.285 e. The van der Waals surface area contributed by atoms with Crippen LogP contribution in [0.15, 0.2) is 58.3 Å². The normalized spacial score (nSPS) is 30.6. The van der Waals surface area contributed by atoms with Crippen LogP contribution in [0.5, 0.6) is 5.75 Å². The lowest BCUT2D eigenvalue weighted by Gasteiger charge is -2.46. The number of anilines is 1. The number of carbonyl (C=O) groups is 2. The van der Waals surface area contributed by atoms with Crippen molar-refractivity contribution in [2.75, 3.05) is 43.2 Å². The van der Waals surface area contributed by atoms with E-state index in [2.05, 4.69) is 38.5 Å². The van der Waals surface area contributed by atoms with Crippen molar-refractivity contribution < 1.29 is 23.3 Å². The number of fused-ring (bicyclic) bond motifs is 4. The predicted molar refractivity (Wildman–Crippen MR) is 196 cm³/mol. The number of allylic oxidation sites excluding steroid dienone is 1. The molecule has 0 radical (unpaired) electrons. The summed E-state index contributed by atoms with van der Waals surface area (Å²) in [6.45, 7) is 5.86. The number of methoxy groups -OCH3 is 1. The molecule has 1 saturated carbocycles. The maximum Gasteiger partial charge on any atom is 0.285 e. The summed E-state index contributed by atoms with van der Waals surface area (Å²) < 4.78 is 31.6. The third-order valence-electron chi connectivity index (χ3n) is 10.8. The lowest BCUT2D eigenvalue weighted by Crippen LogP contribution is -2.49. The number of nitrogens with zero attached hydrogens (tertiary/aromatic N) is 3. The molecule has 3 aromatic rings.